The van der Waals surface area contributed by atoms with E-state index >= 15 is 0 Å². The van der Waals surface area contributed by atoms with Crippen LogP contribution in [0.2, 0.25) is 0 Å². The third kappa shape index (κ3) is 1.30. The largest absolute Gasteiger partial charge is 0.393 e. The van der Waals surface area contributed by atoms with Gasteiger partial charge in [0.1, 0.15) is 0 Å². The first-order valence-corrected chi connectivity index (χ1v) is 4.67. The highest BCUT2D eigenvalue weighted by atomic mass is 16.3. The molecule has 2 nitrogen and oxygen atoms in total. The normalized spacial score (nSPS) is 45.8. The fourth-order valence-corrected chi connectivity index (χ4v) is 2.59. The number of nitrogens with zero attached hydrogens (tertiary/aromatic N) is 1. The maximum atomic E-state index is 9.51. The molecule has 2 aliphatic heterocycles. The molecule has 0 amide bonds. The van der Waals surface area contributed by atoms with Crippen molar-refractivity contribution >= 4 is 0 Å². The van der Waals surface area contributed by atoms with Crippen LogP contribution < -0.4 is 0 Å². The number of hydrogen-bond acceptors (Lipinski definition) is 2. The molecule has 0 spiro atoms. The van der Waals surface area contributed by atoms with Crippen LogP contribution in [0.4, 0.5) is 0 Å². The van der Waals surface area contributed by atoms with Gasteiger partial charge in [-0.2, -0.15) is 0 Å². The first-order valence-electron chi connectivity index (χ1n) is 4.67. The lowest BCUT2D eigenvalue weighted by molar-refractivity contribution is -0.0106. The van der Waals surface area contributed by atoms with Crippen LogP contribution in [-0.2, 0) is 0 Å². The van der Waals surface area contributed by atoms with Crippen LogP contribution in [0.25, 0.3) is 0 Å². The minimum absolute atomic E-state index is 0.0125. The molecule has 1 unspecified atom stereocenters. The van der Waals surface area contributed by atoms with Crippen molar-refractivity contribution < 1.29 is 5.11 Å². The van der Waals surface area contributed by atoms with Gasteiger partial charge >= 0.3 is 0 Å². The standard InChI is InChI=1S/C9H17NO/c1-10-7-3-2-4-8(10)6-9(11)5-7/h7-9,11H,2-6H2,1H3/t7-,8+,9?. The molecule has 0 aromatic rings. The van der Waals surface area contributed by atoms with Crippen LogP contribution in [0.3, 0.4) is 0 Å². The van der Waals surface area contributed by atoms with Crippen molar-refractivity contribution in [1.29, 1.82) is 0 Å². The molecule has 2 bridgehead atoms. The summed E-state index contributed by atoms with van der Waals surface area (Å²) in [6, 6.07) is 1.36. The molecule has 1 N–H and O–H groups in total. The zero-order chi connectivity index (χ0) is 7.84. The topological polar surface area (TPSA) is 23.5 Å². The molecule has 11 heavy (non-hydrogen) atoms. The van der Waals surface area contributed by atoms with Crippen molar-refractivity contribution in [2.75, 3.05) is 7.05 Å². The third-order valence-corrected chi connectivity index (χ3v) is 3.31. The van der Waals surface area contributed by atoms with Gasteiger partial charge in [-0.25, -0.2) is 0 Å². The van der Waals surface area contributed by atoms with Crippen molar-refractivity contribution in [1.82, 2.24) is 4.90 Å². The fourth-order valence-electron chi connectivity index (χ4n) is 2.59. The van der Waals surface area contributed by atoms with Gasteiger partial charge in [-0.05, 0) is 32.7 Å². The van der Waals surface area contributed by atoms with Crippen LogP contribution >= 0.6 is 0 Å². The Morgan fingerprint density at radius 2 is 1.73 bits per heavy atom. The summed E-state index contributed by atoms with van der Waals surface area (Å²) in [4.78, 5) is 2.47. The Hall–Kier alpha value is -0.0800. The first-order chi connectivity index (χ1) is 5.27. The highest BCUT2D eigenvalue weighted by Gasteiger charge is 2.34. The van der Waals surface area contributed by atoms with Crippen molar-refractivity contribution in [2.24, 2.45) is 0 Å². The van der Waals surface area contributed by atoms with E-state index in [4.69, 9.17) is 0 Å². The number of hydrogen-bond donors (Lipinski definition) is 1. The van der Waals surface area contributed by atoms with Gasteiger partial charge < -0.3 is 10.0 Å². The second-order valence-corrected chi connectivity index (χ2v) is 4.03. The Kier molecular flexibility index (Phi) is 1.90. The molecule has 2 heterocycles. The summed E-state index contributed by atoms with van der Waals surface area (Å²) in [6.45, 7) is 0. The second-order valence-electron chi connectivity index (χ2n) is 4.03. The Labute approximate surface area is 68.2 Å². The summed E-state index contributed by atoms with van der Waals surface area (Å²) in [5, 5.41) is 9.51. The van der Waals surface area contributed by atoms with E-state index in [2.05, 4.69) is 11.9 Å². The summed E-state index contributed by atoms with van der Waals surface area (Å²) in [6.07, 6.45) is 5.96. The lowest BCUT2D eigenvalue weighted by Crippen LogP contribution is -2.51. The number of aliphatic hydroxyl groups excluding tert-OH is 1. The lowest BCUT2D eigenvalue weighted by Gasteiger charge is -2.45. The maximum absolute atomic E-state index is 9.51. The van der Waals surface area contributed by atoms with Crippen LogP contribution in [-0.4, -0.2) is 35.2 Å². The minimum atomic E-state index is -0.0125. The van der Waals surface area contributed by atoms with E-state index in [0.29, 0.717) is 12.1 Å². The average Bonchev–Trinajstić information content (AvgIpc) is 1.92. The van der Waals surface area contributed by atoms with Crippen LogP contribution in [0.15, 0.2) is 0 Å². The van der Waals surface area contributed by atoms with Gasteiger partial charge in [0.15, 0.2) is 0 Å². The first kappa shape index (κ1) is 7.56. The van der Waals surface area contributed by atoms with Gasteiger partial charge in [-0.1, -0.05) is 6.42 Å². The predicted molar refractivity (Wildman–Crippen MR) is 44.4 cm³/mol. The van der Waals surface area contributed by atoms with Crippen LogP contribution in [0.5, 0.6) is 0 Å². The lowest BCUT2D eigenvalue weighted by atomic mass is 9.84. The second kappa shape index (κ2) is 2.76. The van der Waals surface area contributed by atoms with E-state index in [9.17, 15) is 5.11 Å². The number of fused-ring (bicyclic) bond motifs is 2. The van der Waals surface area contributed by atoms with Crippen molar-refractivity contribution in [3.8, 4) is 0 Å². The summed E-state index contributed by atoms with van der Waals surface area (Å²) in [7, 11) is 2.21. The van der Waals surface area contributed by atoms with Crippen LogP contribution in [0, 0.1) is 0 Å². The fraction of sp³-hybridized carbons (Fsp3) is 1.00. The molecule has 0 saturated carbocycles. The summed E-state index contributed by atoms with van der Waals surface area (Å²) < 4.78 is 0. The molecule has 2 aliphatic rings. The molecule has 0 aromatic carbocycles. The molecule has 2 saturated heterocycles. The molecule has 0 aromatic heterocycles. The number of rotatable bonds is 0. The molecule has 3 atom stereocenters. The summed E-state index contributed by atoms with van der Waals surface area (Å²) in [5.41, 5.74) is 0. The van der Waals surface area contributed by atoms with Crippen molar-refractivity contribution in [3.05, 3.63) is 0 Å². The van der Waals surface area contributed by atoms with E-state index in [0.717, 1.165) is 12.8 Å². The van der Waals surface area contributed by atoms with Crippen molar-refractivity contribution in [2.45, 2.75) is 50.3 Å². The van der Waals surface area contributed by atoms with Gasteiger partial charge in [0.05, 0.1) is 6.10 Å². The molecule has 64 valence electrons. The number of piperidine rings is 2. The smallest absolute Gasteiger partial charge is 0.0570 e. The maximum Gasteiger partial charge on any atom is 0.0570 e. The Morgan fingerprint density at radius 1 is 1.18 bits per heavy atom. The van der Waals surface area contributed by atoms with Gasteiger partial charge in [-0.15, -0.1) is 0 Å². The van der Waals surface area contributed by atoms with Gasteiger partial charge in [0.2, 0.25) is 0 Å². The minimum Gasteiger partial charge on any atom is -0.393 e. The van der Waals surface area contributed by atoms with Gasteiger partial charge in [-0.3, -0.25) is 0 Å². The highest BCUT2D eigenvalue weighted by molar-refractivity contribution is 4.90. The van der Waals surface area contributed by atoms with E-state index in [-0.39, 0.29) is 6.10 Å². The Bertz CT molecular complexity index is 134. The van der Waals surface area contributed by atoms with E-state index in [1.165, 1.54) is 19.3 Å². The van der Waals surface area contributed by atoms with Gasteiger partial charge in [0.25, 0.3) is 0 Å². The zero-order valence-electron chi connectivity index (χ0n) is 7.16. The van der Waals surface area contributed by atoms with E-state index in [1.807, 2.05) is 0 Å². The molecule has 0 radical (unpaired) electrons. The van der Waals surface area contributed by atoms with Crippen molar-refractivity contribution in [3.63, 3.8) is 0 Å². The quantitative estimate of drug-likeness (QED) is 0.564. The SMILES string of the molecule is CN1[C@@H]2CCC[C@H]1CC(O)C2. The average molecular weight is 155 g/mol. The third-order valence-electron chi connectivity index (χ3n) is 3.31. The van der Waals surface area contributed by atoms with E-state index in [1.54, 1.807) is 0 Å². The molecular formula is C9H17NO. The van der Waals surface area contributed by atoms with E-state index < -0.39 is 0 Å². The van der Waals surface area contributed by atoms with Crippen LogP contribution in [0.1, 0.15) is 32.1 Å². The monoisotopic (exact) mass is 155 g/mol. The molecule has 2 fully saturated rings. The molecule has 2 heteroatoms. The highest BCUT2D eigenvalue weighted by Crippen LogP contribution is 2.32. The summed E-state index contributed by atoms with van der Waals surface area (Å²) in [5.74, 6) is 0. The Balaban J connectivity index is 2.07. The summed E-state index contributed by atoms with van der Waals surface area (Å²) >= 11 is 0. The molecule has 2 rings (SSSR count). The predicted octanol–water partition coefficient (Wildman–Crippen LogP) is 0.994. The zero-order valence-corrected chi connectivity index (χ0v) is 7.16. The number of aliphatic hydroxyl groups is 1. The van der Waals surface area contributed by atoms with Gasteiger partial charge in [0, 0.05) is 12.1 Å². The molecule has 0 aliphatic carbocycles. The Morgan fingerprint density at radius 3 is 2.27 bits per heavy atom. The molecular weight excluding hydrogens is 138 g/mol.